The molecule has 0 aliphatic rings. The lowest BCUT2D eigenvalue weighted by Crippen LogP contribution is -2.38. The smallest absolute Gasteiger partial charge is 0.191 e. The monoisotopic (exact) mass is 482 g/mol. The van der Waals surface area contributed by atoms with Crippen LogP contribution in [0.2, 0.25) is 0 Å². The van der Waals surface area contributed by atoms with Crippen LogP contribution >= 0.6 is 24.0 Å². The van der Waals surface area contributed by atoms with E-state index in [4.69, 9.17) is 4.74 Å². The maximum atomic E-state index is 5.92. The van der Waals surface area contributed by atoms with Crippen LogP contribution in [0.1, 0.15) is 24.1 Å². The highest BCUT2D eigenvalue weighted by Crippen LogP contribution is 2.18. The summed E-state index contributed by atoms with van der Waals surface area (Å²) in [6.45, 7) is 4.33. The Kier molecular flexibility index (Phi) is 10.8. The van der Waals surface area contributed by atoms with Crippen LogP contribution < -0.4 is 15.4 Å². The van der Waals surface area contributed by atoms with Crippen molar-refractivity contribution < 1.29 is 4.74 Å². The Morgan fingerprint density at radius 3 is 2.41 bits per heavy atom. The Hall–Kier alpha value is -1.80. The number of benzene rings is 2. The fourth-order valence-electron chi connectivity index (χ4n) is 2.53. The standard InChI is InChI=1S/C21H30N4O.HI/c1-17(18-10-6-5-7-11-18)24-21(22-2)23-16-19-12-8-9-13-20(19)26-15-14-25(3)4;/h5-13,17H,14-16H2,1-4H3,(H2,22,23,24);1H. The van der Waals surface area contributed by atoms with Crippen LogP contribution in [-0.4, -0.2) is 45.2 Å². The molecule has 2 aromatic rings. The molecule has 0 fully saturated rings. The van der Waals surface area contributed by atoms with Crippen molar-refractivity contribution in [1.29, 1.82) is 0 Å². The number of ether oxygens (including phenoxy) is 1. The van der Waals surface area contributed by atoms with Crippen LogP contribution in [-0.2, 0) is 6.54 Å². The van der Waals surface area contributed by atoms with Gasteiger partial charge in [0.2, 0.25) is 0 Å². The summed E-state index contributed by atoms with van der Waals surface area (Å²) in [5.41, 5.74) is 2.34. The number of nitrogens with zero attached hydrogens (tertiary/aromatic N) is 2. The zero-order chi connectivity index (χ0) is 18.8. The molecule has 2 rings (SSSR count). The number of hydrogen-bond acceptors (Lipinski definition) is 3. The molecule has 0 saturated heterocycles. The minimum Gasteiger partial charge on any atom is -0.492 e. The summed E-state index contributed by atoms with van der Waals surface area (Å²) < 4.78 is 5.92. The van der Waals surface area contributed by atoms with Crippen molar-refractivity contribution >= 4 is 29.9 Å². The first-order chi connectivity index (χ1) is 12.6. The van der Waals surface area contributed by atoms with Gasteiger partial charge in [-0.05, 0) is 32.6 Å². The predicted octanol–water partition coefficient (Wildman–Crippen LogP) is 3.67. The number of halogens is 1. The Bertz CT molecular complexity index is 692. The van der Waals surface area contributed by atoms with Crippen LogP contribution in [0.15, 0.2) is 59.6 Å². The van der Waals surface area contributed by atoms with E-state index in [1.807, 2.05) is 50.5 Å². The Morgan fingerprint density at radius 2 is 1.74 bits per heavy atom. The first-order valence-corrected chi connectivity index (χ1v) is 8.97. The molecule has 6 heteroatoms. The van der Waals surface area contributed by atoms with E-state index in [1.54, 1.807) is 7.05 Å². The first kappa shape index (κ1) is 23.2. The minimum absolute atomic E-state index is 0. The van der Waals surface area contributed by atoms with Gasteiger partial charge in [0, 0.05) is 25.7 Å². The van der Waals surface area contributed by atoms with E-state index in [1.165, 1.54) is 5.56 Å². The highest BCUT2D eigenvalue weighted by atomic mass is 127. The molecule has 5 nitrogen and oxygen atoms in total. The lowest BCUT2D eigenvalue weighted by molar-refractivity contribution is 0.259. The van der Waals surface area contributed by atoms with E-state index >= 15 is 0 Å². The number of rotatable bonds is 8. The van der Waals surface area contributed by atoms with Gasteiger partial charge in [-0.15, -0.1) is 24.0 Å². The van der Waals surface area contributed by atoms with Crippen LogP contribution in [0.3, 0.4) is 0 Å². The van der Waals surface area contributed by atoms with Gasteiger partial charge in [0.05, 0.1) is 6.04 Å². The maximum absolute atomic E-state index is 5.92. The number of likely N-dealkylation sites (N-methyl/N-ethyl adjacent to an activating group) is 1. The lowest BCUT2D eigenvalue weighted by atomic mass is 10.1. The number of aliphatic imine (C=N–C) groups is 1. The zero-order valence-corrected chi connectivity index (χ0v) is 18.9. The lowest BCUT2D eigenvalue weighted by Gasteiger charge is -2.19. The molecule has 0 amide bonds. The fourth-order valence-corrected chi connectivity index (χ4v) is 2.53. The van der Waals surface area contributed by atoms with E-state index in [2.05, 4.69) is 45.6 Å². The highest BCUT2D eigenvalue weighted by Gasteiger charge is 2.09. The normalized spacial score (nSPS) is 12.3. The van der Waals surface area contributed by atoms with Gasteiger partial charge in [-0.1, -0.05) is 48.5 Å². The van der Waals surface area contributed by atoms with Gasteiger partial charge in [0.1, 0.15) is 12.4 Å². The van der Waals surface area contributed by atoms with Crippen molar-refractivity contribution in [3.63, 3.8) is 0 Å². The average molecular weight is 482 g/mol. The number of hydrogen-bond donors (Lipinski definition) is 2. The van der Waals surface area contributed by atoms with E-state index < -0.39 is 0 Å². The molecule has 0 bridgehead atoms. The molecule has 2 N–H and O–H groups in total. The Balaban J connectivity index is 0.00000364. The highest BCUT2D eigenvalue weighted by molar-refractivity contribution is 14.0. The van der Waals surface area contributed by atoms with Crippen molar-refractivity contribution in [2.75, 3.05) is 34.3 Å². The van der Waals surface area contributed by atoms with Crippen molar-refractivity contribution in [2.45, 2.75) is 19.5 Å². The van der Waals surface area contributed by atoms with Gasteiger partial charge in [0.25, 0.3) is 0 Å². The molecule has 1 unspecified atom stereocenters. The third kappa shape index (κ3) is 8.17. The quantitative estimate of drug-likeness (QED) is 0.343. The third-order valence-corrected chi connectivity index (χ3v) is 4.09. The molecule has 0 aliphatic heterocycles. The fraction of sp³-hybridized carbons (Fsp3) is 0.381. The molecular formula is C21H31IN4O. The van der Waals surface area contributed by atoms with Gasteiger partial charge in [-0.2, -0.15) is 0 Å². The molecule has 0 aliphatic carbocycles. The molecule has 27 heavy (non-hydrogen) atoms. The van der Waals surface area contributed by atoms with Gasteiger partial charge < -0.3 is 20.3 Å². The SMILES string of the molecule is CN=C(NCc1ccccc1OCCN(C)C)NC(C)c1ccccc1.I. The minimum atomic E-state index is 0. The molecule has 0 heterocycles. The van der Waals surface area contributed by atoms with E-state index in [0.29, 0.717) is 13.2 Å². The van der Waals surface area contributed by atoms with Crippen molar-refractivity contribution in [2.24, 2.45) is 4.99 Å². The Morgan fingerprint density at radius 1 is 1.07 bits per heavy atom. The second kappa shape index (κ2) is 12.6. The summed E-state index contributed by atoms with van der Waals surface area (Å²) in [6.07, 6.45) is 0. The summed E-state index contributed by atoms with van der Waals surface area (Å²) in [5.74, 6) is 1.68. The average Bonchev–Trinajstić information content (AvgIpc) is 2.66. The van der Waals surface area contributed by atoms with Crippen molar-refractivity contribution in [3.05, 3.63) is 65.7 Å². The third-order valence-electron chi connectivity index (χ3n) is 4.09. The van der Waals surface area contributed by atoms with Gasteiger partial charge in [0.15, 0.2) is 5.96 Å². The van der Waals surface area contributed by atoms with Gasteiger partial charge in [-0.3, -0.25) is 4.99 Å². The van der Waals surface area contributed by atoms with Crippen molar-refractivity contribution in [1.82, 2.24) is 15.5 Å². The second-order valence-electron chi connectivity index (χ2n) is 6.46. The van der Waals surface area contributed by atoms with Gasteiger partial charge in [-0.25, -0.2) is 0 Å². The molecular weight excluding hydrogens is 451 g/mol. The molecule has 2 aromatic carbocycles. The van der Waals surface area contributed by atoms with Crippen LogP contribution in [0.5, 0.6) is 5.75 Å². The molecule has 1 atom stereocenters. The van der Waals surface area contributed by atoms with E-state index in [-0.39, 0.29) is 30.0 Å². The predicted molar refractivity (Wildman–Crippen MR) is 124 cm³/mol. The first-order valence-electron chi connectivity index (χ1n) is 8.97. The number of para-hydroxylation sites is 1. The molecule has 0 aromatic heterocycles. The van der Waals surface area contributed by atoms with E-state index in [0.717, 1.165) is 23.8 Å². The summed E-state index contributed by atoms with van der Waals surface area (Å²) in [4.78, 5) is 6.44. The molecule has 0 spiro atoms. The molecule has 0 saturated carbocycles. The van der Waals surface area contributed by atoms with Crippen molar-refractivity contribution in [3.8, 4) is 5.75 Å². The van der Waals surface area contributed by atoms with Gasteiger partial charge >= 0.3 is 0 Å². The topological polar surface area (TPSA) is 48.9 Å². The largest absolute Gasteiger partial charge is 0.492 e. The zero-order valence-electron chi connectivity index (χ0n) is 16.6. The van der Waals surface area contributed by atoms with E-state index in [9.17, 15) is 0 Å². The molecule has 148 valence electrons. The van der Waals surface area contributed by atoms with Crippen LogP contribution in [0, 0.1) is 0 Å². The summed E-state index contributed by atoms with van der Waals surface area (Å²) in [7, 11) is 5.87. The number of nitrogens with one attached hydrogen (secondary N) is 2. The summed E-state index contributed by atoms with van der Waals surface area (Å²) in [5, 5.41) is 6.80. The second-order valence-corrected chi connectivity index (χ2v) is 6.46. The van der Waals surface area contributed by atoms with Crippen LogP contribution in [0.4, 0.5) is 0 Å². The number of guanidine groups is 1. The molecule has 0 radical (unpaired) electrons. The maximum Gasteiger partial charge on any atom is 0.191 e. The summed E-state index contributed by atoms with van der Waals surface area (Å²) in [6, 6.07) is 18.6. The Labute approximate surface area is 180 Å². The summed E-state index contributed by atoms with van der Waals surface area (Å²) >= 11 is 0. The van der Waals surface area contributed by atoms with Crippen LogP contribution in [0.25, 0.3) is 0 Å².